The Labute approximate surface area is 141 Å². The number of benzene rings is 1. The van der Waals surface area contributed by atoms with Gasteiger partial charge in [-0.2, -0.15) is 8.78 Å². The third kappa shape index (κ3) is 2.36. The summed E-state index contributed by atoms with van der Waals surface area (Å²) in [5, 5.41) is 3.09. The van der Waals surface area contributed by atoms with Gasteiger partial charge in [-0.1, -0.05) is 18.2 Å². The molecule has 4 rings (SSSR count). The lowest BCUT2D eigenvalue weighted by Crippen LogP contribution is -2.28. The van der Waals surface area contributed by atoms with Gasteiger partial charge in [0.2, 0.25) is 0 Å². The molecule has 8 heteroatoms. The van der Waals surface area contributed by atoms with E-state index in [4.69, 9.17) is 4.74 Å². The van der Waals surface area contributed by atoms with Crippen LogP contribution < -0.4 is 10.1 Å². The highest BCUT2D eigenvalue weighted by molar-refractivity contribution is 6.05. The Morgan fingerprint density at radius 2 is 2.00 bits per heavy atom. The van der Waals surface area contributed by atoms with Crippen molar-refractivity contribution in [3.63, 3.8) is 0 Å². The number of amides is 1. The smallest absolute Gasteiger partial charge is 0.387 e. The van der Waals surface area contributed by atoms with E-state index in [0.29, 0.717) is 29.1 Å². The van der Waals surface area contributed by atoms with Crippen LogP contribution in [0.15, 0.2) is 46.8 Å². The number of likely N-dealkylation sites (N-methyl/N-ethyl adjacent to an activating group) is 1. The molecule has 130 valence electrons. The minimum absolute atomic E-state index is 0.0647. The Morgan fingerprint density at radius 1 is 1.24 bits per heavy atom. The molecule has 25 heavy (non-hydrogen) atoms. The number of halogens is 2. The summed E-state index contributed by atoms with van der Waals surface area (Å²) in [7, 11) is 1.64. The molecule has 0 fully saturated rings. The molecule has 3 heterocycles. The number of alkyl halides is 2. The van der Waals surface area contributed by atoms with Crippen LogP contribution in [0.5, 0.6) is 5.75 Å². The molecule has 1 atom stereocenters. The molecule has 1 N–H and O–H groups in total. The number of nitrogens with zero attached hydrogens (tertiary/aromatic N) is 1. The molecular weight excluding hydrogens is 334 g/mol. The molecule has 0 aliphatic carbocycles. The molecule has 1 unspecified atom stereocenters. The van der Waals surface area contributed by atoms with E-state index in [1.165, 1.54) is 11.0 Å². The van der Waals surface area contributed by atoms with Crippen LogP contribution in [0.1, 0.15) is 11.5 Å². The van der Waals surface area contributed by atoms with Crippen molar-refractivity contribution in [1.29, 1.82) is 0 Å². The van der Waals surface area contributed by atoms with Crippen LogP contribution in [-0.4, -0.2) is 43.6 Å². The van der Waals surface area contributed by atoms with E-state index >= 15 is 0 Å². The van der Waals surface area contributed by atoms with Crippen molar-refractivity contribution in [2.75, 3.05) is 20.2 Å². The molecule has 3 aliphatic heterocycles. The van der Waals surface area contributed by atoms with E-state index in [9.17, 15) is 18.4 Å². The Balaban J connectivity index is 1.89. The van der Waals surface area contributed by atoms with Crippen molar-refractivity contribution >= 4 is 11.9 Å². The van der Waals surface area contributed by atoms with Gasteiger partial charge < -0.3 is 19.7 Å². The van der Waals surface area contributed by atoms with Crippen molar-refractivity contribution in [3.8, 4) is 5.75 Å². The average molecular weight is 348 g/mol. The number of carbonyl (C=O) groups is 2. The molecule has 0 saturated heterocycles. The van der Waals surface area contributed by atoms with Crippen LogP contribution in [0.2, 0.25) is 0 Å². The van der Waals surface area contributed by atoms with Gasteiger partial charge in [0.05, 0.1) is 29.3 Å². The molecule has 1 aromatic carbocycles. The van der Waals surface area contributed by atoms with Gasteiger partial charge in [0.15, 0.2) is 0 Å². The number of hydrogen-bond acceptors (Lipinski definition) is 5. The largest absolute Gasteiger partial charge is 0.456 e. The maximum Gasteiger partial charge on any atom is 0.387 e. The normalized spacial score (nSPS) is 22.2. The van der Waals surface area contributed by atoms with Crippen LogP contribution in [0.3, 0.4) is 0 Å². The number of dihydropyridines is 1. The molecule has 0 aromatic heterocycles. The Morgan fingerprint density at radius 3 is 2.76 bits per heavy atom. The third-order valence-corrected chi connectivity index (χ3v) is 4.52. The predicted molar refractivity (Wildman–Crippen MR) is 81.6 cm³/mol. The van der Waals surface area contributed by atoms with Gasteiger partial charge in [0.25, 0.3) is 5.91 Å². The van der Waals surface area contributed by atoms with E-state index < -0.39 is 18.5 Å². The number of cyclic esters (lactones) is 1. The van der Waals surface area contributed by atoms with Crippen LogP contribution in [0.4, 0.5) is 8.78 Å². The van der Waals surface area contributed by atoms with Crippen molar-refractivity contribution < 1.29 is 27.8 Å². The first-order chi connectivity index (χ1) is 12.0. The lowest BCUT2D eigenvalue weighted by molar-refractivity contribution is -0.136. The van der Waals surface area contributed by atoms with Crippen LogP contribution >= 0.6 is 0 Å². The van der Waals surface area contributed by atoms with Gasteiger partial charge in [-0.25, -0.2) is 4.79 Å². The molecule has 1 amide bonds. The molecule has 0 bridgehead atoms. The van der Waals surface area contributed by atoms with Gasteiger partial charge in [-0.15, -0.1) is 0 Å². The molecule has 6 nitrogen and oxygen atoms in total. The van der Waals surface area contributed by atoms with E-state index in [0.717, 1.165) is 0 Å². The number of carbonyl (C=O) groups excluding carboxylic acids is 2. The first-order valence-electron chi connectivity index (χ1n) is 7.66. The highest BCUT2D eigenvalue weighted by Crippen LogP contribution is 2.46. The number of hydrogen-bond donors (Lipinski definition) is 1. The summed E-state index contributed by atoms with van der Waals surface area (Å²) in [6.45, 7) is -2.59. The van der Waals surface area contributed by atoms with E-state index in [2.05, 4.69) is 10.1 Å². The van der Waals surface area contributed by atoms with Gasteiger partial charge in [0, 0.05) is 18.3 Å². The highest BCUT2D eigenvalue weighted by Gasteiger charge is 2.46. The average Bonchev–Trinajstić information content (AvgIpc) is 3.07. The molecule has 0 saturated carbocycles. The molecule has 1 aromatic rings. The quantitative estimate of drug-likeness (QED) is 0.839. The zero-order valence-corrected chi connectivity index (χ0v) is 13.2. The Kier molecular flexibility index (Phi) is 3.48. The fraction of sp³-hybridized carbons (Fsp3) is 0.294. The number of para-hydroxylation sites is 1. The van der Waals surface area contributed by atoms with Gasteiger partial charge in [-0.3, -0.25) is 4.79 Å². The topological polar surface area (TPSA) is 67.9 Å². The monoisotopic (exact) mass is 348 g/mol. The second kappa shape index (κ2) is 5.58. The zero-order chi connectivity index (χ0) is 17.7. The zero-order valence-electron chi connectivity index (χ0n) is 13.2. The first kappa shape index (κ1) is 15.6. The minimum Gasteiger partial charge on any atom is -0.456 e. The number of esters is 1. The van der Waals surface area contributed by atoms with Crippen LogP contribution in [0.25, 0.3) is 0 Å². The minimum atomic E-state index is -3.01. The molecule has 3 aliphatic rings. The number of ether oxygens (including phenoxy) is 2. The number of rotatable bonds is 3. The van der Waals surface area contributed by atoms with Crippen molar-refractivity contribution in [1.82, 2.24) is 10.2 Å². The van der Waals surface area contributed by atoms with E-state index in [1.807, 2.05) is 0 Å². The third-order valence-electron chi connectivity index (χ3n) is 4.52. The standard InChI is InChI=1S/C17H14F2N2O4/c1-21-6-9-13(15(21)22)12(14-10(20-9)7-24-16(14)23)8-4-2-3-5-11(8)25-17(18)19/h2-5,12,17,20H,6-7H2,1H3. The molecule has 0 spiro atoms. The van der Waals surface area contributed by atoms with Crippen molar-refractivity contribution in [2.45, 2.75) is 12.5 Å². The maximum absolute atomic E-state index is 12.8. The van der Waals surface area contributed by atoms with Gasteiger partial charge in [0.1, 0.15) is 12.4 Å². The van der Waals surface area contributed by atoms with Crippen molar-refractivity contribution in [2.24, 2.45) is 0 Å². The lowest BCUT2D eigenvalue weighted by atomic mass is 9.81. The van der Waals surface area contributed by atoms with Gasteiger partial charge in [-0.05, 0) is 6.07 Å². The van der Waals surface area contributed by atoms with E-state index in [1.54, 1.807) is 25.2 Å². The van der Waals surface area contributed by atoms with Crippen LogP contribution in [0, 0.1) is 0 Å². The number of nitrogens with one attached hydrogen (secondary N) is 1. The fourth-order valence-corrected chi connectivity index (χ4v) is 3.51. The summed E-state index contributed by atoms with van der Waals surface area (Å²) in [4.78, 5) is 26.4. The first-order valence-corrected chi connectivity index (χ1v) is 7.66. The van der Waals surface area contributed by atoms with Crippen molar-refractivity contribution in [3.05, 3.63) is 52.4 Å². The molecule has 0 radical (unpaired) electrons. The summed E-state index contributed by atoms with van der Waals surface area (Å²) >= 11 is 0. The summed E-state index contributed by atoms with van der Waals surface area (Å²) < 4.78 is 35.3. The van der Waals surface area contributed by atoms with E-state index in [-0.39, 0.29) is 23.8 Å². The summed E-state index contributed by atoms with van der Waals surface area (Å²) in [5.41, 5.74) is 2.19. The SMILES string of the molecule is CN1CC2=C(C1=O)C(c1ccccc1OC(F)F)C1=C(COC1=O)N2. The maximum atomic E-state index is 12.8. The summed E-state index contributed by atoms with van der Waals surface area (Å²) in [6, 6.07) is 6.19. The Bertz CT molecular complexity index is 847. The Hall–Kier alpha value is -2.90. The second-order valence-corrected chi connectivity index (χ2v) is 6.00. The highest BCUT2D eigenvalue weighted by atomic mass is 19.3. The summed E-state index contributed by atoms with van der Waals surface area (Å²) in [5.74, 6) is -1.68. The lowest BCUT2D eigenvalue weighted by Gasteiger charge is -2.26. The van der Waals surface area contributed by atoms with Crippen LogP contribution in [-0.2, 0) is 14.3 Å². The predicted octanol–water partition coefficient (Wildman–Crippen LogP) is 1.51. The summed E-state index contributed by atoms with van der Waals surface area (Å²) in [6.07, 6.45) is 0. The second-order valence-electron chi connectivity index (χ2n) is 6.00. The molecular formula is C17H14F2N2O4. The van der Waals surface area contributed by atoms with Gasteiger partial charge >= 0.3 is 12.6 Å². The fourth-order valence-electron chi connectivity index (χ4n) is 3.51.